The summed E-state index contributed by atoms with van der Waals surface area (Å²) in [6.45, 7) is 12.3. The largest absolute Gasteiger partial charge is 0.483 e. The van der Waals surface area contributed by atoms with Crippen molar-refractivity contribution < 1.29 is 14.3 Å². The summed E-state index contributed by atoms with van der Waals surface area (Å²) >= 11 is 3.55. The lowest BCUT2D eigenvalue weighted by Gasteiger charge is -2.33. The molecule has 0 saturated heterocycles. The Morgan fingerprint density at radius 1 is 1.09 bits per heavy atom. The molecule has 0 spiro atoms. The van der Waals surface area contributed by atoms with Crippen LogP contribution in [0.3, 0.4) is 0 Å². The molecular formula is C27H37BrN2O3. The minimum Gasteiger partial charge on any atom is -0.483 e. The van der Waals surface area contributed by atoms with Gasteiger partial charge in [-0.2, -0.15) is 0 Å². The van der Waals surface area contributed by atoms with Gasteiger partial charge in [0.05, 0.1) is 4.47 Å². The van der Waals surface area contributed by atoms with Gasteiger partial charge in [-0.1, -0.05) is 57.2 Å². The van der Waals surface area contributed by atoms with Crippen molar-refractivity contribution in [2.75, 3.05) is 13.2 Å². The second-order valence-electron chi connectivity index (χ2n) is 9.62. The normalized spacial score (nSPS) is 12.4. The number of nitrogens with one attached hydrogen (secondary N) is 1. The fraction of sp³-hybridized carbons (Fsp3) is 0.481. The molecule has 2 aromatic rings. The smallest absolute Gasteiger partial charge is 0.261 e. The Kier molecular flexibility index (Phi) is 9.96. The molecule has 2 aromatic carbocycles. The third kappa shape index (κ3) is 8.50. The van der Waals surface area contributed by atoms with Crippen LogP contribution in [0.5, 0.6) is 5.75 Å². The molecule has 0 saturated carbocycles. The maximum atomic E-state index is 13.3. The number of carbonyl (C=O) groups is 2. The Morgan fingerprint density at radius 2 is 1.76 bits per heavy atom. The van der Waals surface area contributed by atoms with Crippen molar-refractivity contribution in [2.45, 2.75) is 71.9 Å². The van der Waals surface area contributed by atoms with Gasteiger partial charge < -0.3 is 15.0 Å². The maximum absolute atomic E-state index is 13.3. The minimum atomic E-state index is -0.559. The maximum Gasteiger partial charge on any atom is 0.261 e. The minimum absolute atomic E-state index is 0.131. The summed E-state index contributed by atoms with van der Waals surface area (Å²) in [6, 6.07) is 15.3. The van der Waals surface area contributed by atoms with Gasteiger partial charge in [0.2, 0.25) is 5.91 Å². The molecule has 0 unspecified atom stereocenters. The molecule has 0 heterocycles. The lowest BCUT2D eigenvalue weighted by atomic mass is 10.0. The number of nitrogens with zero attached hydrogens (tertiary/aromatic N) is 1. The predicted octanol–water partition coefficient (Wildman–Crippen LogP) is 5.72. The van der Waals surface area contributed by atoms with Gasteiger partial charge in [0.25, 0.3) is 5.91 Å². The first-order valence-electron chi connectivity index (χ1n) is 11.6. The summed E-state index contributed by atoms with van der Waals surface area (Å²) in [5.41, 5.74) is 1.93. The zero-order valence-electron chi connectivity index (χ0n) is 20.7. The Bertz CT molecular complexity index is 923. The molecule has 1 N–H and O–H groups in total. The molecule has 33 heavy (non-hydrogen) atoms. The summed E-state index contributed by atoms with van der Waals surface area (Å²) in [5, 5.41) is 3.02. The lowest BCUT2D eigenvalue weighted by molar-refractivity contribution is -0.142. The Morgan fingerprint density at radius 3 is 2.30 bits per heavy atom. The first kappa shape index (κ1) is 26.9. The molecule has 0 fully saturated rings. The van der Waals surface area contributed by atoms with Crippen LogP contribution in [-0.2, 0) is 16.0 Å². The van der Waals surface area contributed by atoms with Gasteiger partial charge in [0.15, 0.2) is 6.61 Å². The Balaban J connectivity index is 2.18. The van der Waals surface area contributed by atoms with Crippen molar-refractivity contribution in [3.05, 3.63) is 64.1 Å². The zero-order valence-corrected chi connectivity index (χ0v) is 22.2. The van der Waals surface area contributed by atoms with Gasteiger partial charge in [0, 0.05) is 12.1 Å². The number of halogens is 1. The van der Waals surface area contributed by atoms with Crippen molar-refractivity contribution in [3.63, 3.8) is 0 Å². The molecule has 5 nitrogen and oxygen atoms in total. The van der Waals surface area contributed by atoms with Crippen LogP contribution in [-0.4, -0.2) is 41.4 Å². The quantitative estimate of drug-likeness (QED) is 0.439. The molecule has 0 aromatic heterocycles. The fourth-order valence-electron chi connectivity index (χ4n) is 3.56. The van der Waals surface area contributed by atoms with Crippen molar-refractivity contribution in [3.8, 4) is 5.75 Å². The van der Waals surface area contributed by atoms with Crippen LogP contribution in [0.4, 0.5) is 0 Å². The van der Waals surface area contributed by atoms with Gasteiger partial charge in [-0.15, -0.1) is 0 Å². The van der Waals surface area contributed by atoms with Crippen LogP contribution < -0.4 is 10.1 Å². The van der Waals surface area contributed by atoms with E-state index in [1.54, 1.807) is 4.90 Å². The van der Waals surface area contributed by atoms with E-state index in [-0.39, 0.29) is 24.0 Å². The summed E-state index contributed by atoms with van der Waals surface area (Å²) < 4.78 is 6.69. The van der Waals surface area contributed by atoms with E-state index in [2.05, 4.69) is 35.1 Å². The molecule has 0 radical (unpaired) electrons. The van der Waals surface area contributed by atoms with Crippen molar-refractivity contribution in [1.29, 1.82) is 0 Å². The first-order valence-corrected chi connectivity index (χ1v) is 12.4. The molecule has 6 heteroatoms. The van der Waals surface area contributed by atoms with Crippen LogP contribution in [0, 0.1) is 0 Å². The molecule has 0 aliphatic carbocycles. The van der Waals surface area contributed by atoms with E-state index in [9.17, 15) is 9.59 Å². The van der Waals surface area contributed by atoms with Crippen LogP contribution >= 0.6 is 15.9 Å². The van der Waals surface area contributed by atoms with Crippen LogP contribution in [0.15, 0.2) is 53.0 Å². The van der Waals surface area contributed by atoms with Crippen LogP contribution in [0.25, 0.3) is 0 Å². The average molecular weight is 518 g/mol. The van der Waals surface area contributed by atoms with E-state index in [0.717, 1.165) is 10.0 Å². The molecule has 0 bridgehead atoms. The molecular weight excluding hydrogens is 480 g/mol. The number of amides is 2. The van der Waals surface area contributed by atoms with Gasteiger partial charge in [-0.05, 0) is 78.7 Å². The standard InChI is InChI=1S/C27H37BrN2O3/c1-7-23(26(32)29-27(4,5)6)30(16-15-20-11-9-8-10-12-20)25(31)18-33-24-14-13-21(19(2)3)17-22(24)28/h8-14,17,19,23H,7,15-16,18H2,1-6H3,(H,29,32)/t23-/m1/s1. The van der Waals surface area contributed by atoms with Gasteiger partial charge in [-0.3, -0.25) is 9.59 Å². The predicted molar refractivity (Wildman–Crippen MR) is 138 cm³/mol. The van der Waals surface area contributed by atoms with Crippen molar-refractivity contribution in [2.24, 2.45) is 0 Å². The number of hydrogen-bond acceptors (Lipinski definition) is 3. The first-order chi connectivity index (χ1) is 15.5. The number of carbonyl (C=O) groups excluding carboxylic acids is 2. The van der Waals surface area contributed by atoms with Gasteiger partial charge in [-0.25, -0.2) is 0 Å². The summed E-state index contributed by atoms with van der Waals surface area (Å²) in [4.78, 5) is 28.0. The molecule has 1 atom stereocenters. The highest BCUT2D eigenvalue weighted by Gasteiger charge is 2.30. The second kappa shape index (κ2) is 12.2. The van der Waals surface area contributed by atoms with Crippen molar-refractivity contribution in [1.82, 2.24) is 10.2 Å². The summed E-state index contributed by atoms with van der Waals surface area (Å²) in [7, 11) is 0. The second-order valence-corrected chi connectivity index (χ2v) is 10.5. The monoisotopic (exact) mass is 516 g/mol. The lowest BCUT2D eigenvalue weighted by Crippen LogP contribution is -2.54. The van der Waals surface area contributed by atoms with E-state index in [4.69, 9.17) is 4.74 Å². The van der Waals surface area contributed by atoms with Crippen LogP contribution in [0.1, 0.15) is 65.0 Å². The van der Waals surface area contributed by atoms with Gasteiger partial charge in [0.1, 0.15) is 11.8 Å². The van der Waals surface area contributed by atoms with Crippen LogP contribution in [0.2, 0.25) is 0 Å². The third-order valence-corrected chi connectivity index (χ3v) is 5.96. The Hall–Kier alpha value is -2.34. The number of ether oxygens (including phenoxy) is 1. The molecule has 2 rings (SSSR count). The van der Waals surface area contributed by atoms with E-state index >= 15 is 0 Å². The van der Waals surface area contributed by atoms with E-state index in [1.807, 2.05) is 76.2 Å². The summed E-state index contributed by atoms with van der Waals surface area (Å²) in [6.07, 6.45) is 1.19. The molecule has 2 amide bonds. The number of hydrogen-bond donors (Lipinski definition) is 1. The number of rotatable bonds is 10. The zero-order chi connectivity index (χ0) is 24.6. The molecule has 0 aliphatic rings. The topological polar surface area (TPSA) is 58.6 Å². The van der Waals surface area contributed by atoms with E-state index < -0.39 is 6.04 Å². The highest BCUT2D eigenvalue weighted by atomic mass is 79.9. The van der Waals surface area contributed by atoms with Crippen molar-refractivity contribution >= 4 is 27.7 Å². The number of benzene rings is 2. The highest BCUT2D eigenvalue weighted by Crippen LogP contribution is 2.29. The molecule has 0 aliphatic heterocycles. The summed E-state index contributed by atoms with van der Waals surface area (Å²) in [5.74, 6) is 0.663. The Labute approximate surface area is 207 Å². The van der Waals surface area contributed by atoms with Gasteiger partial charge >= 0.3 is 0 Å². The SMILES string of the molecule is CC[C@H](C(=O)NC(C)(C)C)N(CCc1ccccc1)C(=O)COc1ccc(C(C)C)cc1Br. The fourth-order valence-corrected chi connectivity index (χ4v) is 4.08. The molecule has 180 valence electrons. The highest BCUT2D eigenvalue weighted by molar-refractivity contribution is 9.10. The third-order valence-electron chi connectivity index (χ3n) is 5.34. The van der Waals surface area contributed by atoms with E-state index in [0.29, 0.717) is 31.1 Å². The average Bonchev–Trinajstić information content (AvgIpc) is 2.74. The van der Waals surface area contributed by atoms with E-state index in [1.165, 1.54) is 5.56 Å².